The highest BCUT2D eigenvalue weighted by molar-refractivity contribution is 5.80. The van der Waals surface area contributed by atoms with E-state index in [4.69, 9.17) is 0 Å². The third kappa shape index (κ3) is 2.52. The Balaban J connectivity index is 2.24. The molecule has 3 nitrogen and oxygen atoms in total. The quantitative estimate of drug-likeness (QED) is 0.744. The lowest BCUT2D eigenvalue weighted by Crippen LogP contribution is -2.11. The molecule has 2 aromatic carbocycles. The summed E-state index contributed by atoms with van der Waals surface area (Å²) in [5.41, 5.74) is -0.638. The molecule has 6 heteroatoms. The maximum atomic E-state index is 12.7. The molecule has 0 bridgehead atoms. The van der Waals surface area contributed by atoms with Gasteiger partial charge in [-0.05, 0) is 18.2 Å². The van der Waals surface area contributed by atoms with Crippen molar-refractivity contribution in [1.29, 1.82) is 0 Å². The second-order valence-corrected chi connectivity index (χ2v) is 4.51. The van der Waals surface area contributed by atoms with Gasteiger partial charge in [0.1, 0.15) is 5.82 Å². The van der Waals surface area contributed by atoms with E-state index in [9.17, 15) is 18.0 Å². The average molecular weight is 290 g/mol. The van der Waals surface area contributed by atoms with Crippen molar-refractivity contribution >= 4 is 10.9 Å². The normalized spacial score (nSPS) is 11.8. The molecular weight excluding hydrogens is 281 g/mol. The smallest absolute Gasteiger partial charge is 0.306 e. The van der Waals surface area contributed by atoms with Crippen molar-refractivity contribution in [1.82, 2.24) is 9.97 Å². The van der Waals surface area contributed by atoms with E-state index < -0.39 is 17.3 Å². The maximum absolute atomic E-state index is 12.7. The SMILES string of the molecule is O=c1[nH]c(-c2ccccc2)nc2cc(C(F)(F)F)ccc12. The van der Waals surface area contributed by atoms with Crippen molar-refractivity contribution in [2.24, 2.45) is 0 Å². The summed E-state index contributed by atoms with van der Waals surface area (Å²) >= 11 is 0. The van der Waals surface area contributed by atoms with Crippen LogP contribution in [0.2, 0.25) is 0 Å². The Morgan fingerprint density at radius 2 is 1.71 bits per heavy atom. The Labute approximate surface area is 117 Å². The number of hydrogen-bond donors (Lipinski definition) is 1. The van der Waals surface area contributed by atoms with Crippen LogP contribution in [0.25, 0.3) is 22.3 Å². The molecule has 0 saturated carbocycles. The molecule has 0 radical (unpaired) electrons. The molecule has 0 fully saturated rings. The number of nitrogens with zero attached hydrogens (tertiary/aromatic N) is 1. The summed E-state index contributed by atoms with van der Waals surface area (Å²) < 4.78 is 38.2. The van der Waals surface area contributed by atoms with Crippen LogP contribution in [0.3, 0.4) is 0 Å². The number of hydrogen-bond acceptors (Lipinski definition) is 2. The molecule has 21 heavy (non-hydrogen) atoms. The summed E-state index contributed by atoms with van der Waals surface area (Å²) in [7, 11) is 0. The van der Waals surface area contributed by atoms with E-state index in [-0.39, 0.29) is 16.7 Å². The Hall–Kier alpha value is -2.63. The zero-order valence-corrected chi connectivity index (χ0v) is 10.6. The Morgan fingerprint density at radius 1 is 1.00 bits per heavy atom. The van der Waals surface area contributed by atoms with Crippen LogP contribution < -0.4 is 5.56 Å². The molecule has 0 atom stereocenters. The Bertz CT molecular complexity index is 854. The zero-order chi connectivity index (χ0) is 15.0. The van der Waals surface area contributed by atoms with Gasteiger partial charge in [-0.1, -0.05) is 30.3 Å². The first-order chi connectivity index (χ1) is 9.95. The van der Waals surface area contributed by atoms with Gasteiger partial charge in [0.05, 0.1) is 16.5 Å². The second-order valence-electron chi connectivity index (χ2n) is 4.51. The van der Waals surface area contributed by atoms with E-state index in [2.05, 4.69) is 9.97 Å². The van der Waals surface area contributed by atoms with Crippen LogP contribution in [0.15, 0.2) is 53.3 Å². The summed E-state index contributed by atoms with van der Waals surface area (Å²) in [6, 6.07) is 11.6. The van der Waals surface area contributed by atoms with Crippen molar-refractivity contribution in [3.63, 3.8) is 0 Å². The molecule has 0 spiro atoms. The van der Waals surface area contributed by atoms with Crippen LogP contribution in [0.1, 0.15) is 5.56 Å². The predicted octanol–water partition coefficient (Wildman–Crippen LogP) is 3.61. The van der Waals surface area contributed by atoms with Gasteiger partial charge < -0.3 is 4.98 Å². The van der Waals surface area contributed by atoms with Crippen LogP contribution in [-0.2, 0) is 6.18 Å². The number of nitrogens with one attached hydrogen (secondary N) is 1. The van der Waals surface area contributed by atoms with E-state index in [0.717, 1.165) is 18.2 Å². The highest BCUT2D eigenvalue weighted by Gasteiger charge is 2.30. The molecule has 106 valence electrons. The van der Waals surface area contributed by atoms with E-state index in [1.165, 1.54) is 0 Å². The number of halogens is 3. The van der Waals surface area contributed by atoms with E-state index >= 15 is 0 Å². The van der Waals surface area contributed by atoms with Gasteiger partial charge in [-0.3, -0.25) is 4.79 Å². The first-order valence-electron chi connectivity index (χ1n) is 6.12. The minimum absolute atomic E-state index is 0.0208. The zero-order valence-electron chi connectivity index (χ0n) is 10.6. The number of fused-ring (bicyclic) bond motifs is 1. The van der Waals surface area contributed by atoms with Crippen molar-refractivity contribution in [2.45, 2.75) is 6.18 Å². The highest BCUT2D eigenvalue weighted by atomic mass is 19.4. The van der Waals surface area contributed by atoms with Gasteiger partial charge in [-0.2, -0.15) is 13.2 Å². The molecule has 3 rings (SSSR count). The molecule has 0 saturated heterocycles. The van der Waals surface area contributed by atoms with Gasteiger partial charge in [0, 0.05) is 5.56 Å². The fourth-order valence-corrected chi connectivity index (χ4v) is 2.05. The van der Waals surface area contributed by atoms with Gasteiger partial charge >= 0.3 is 6.18 Å². The lowest BCUT2D eigenvalue weighted by molar-refractivity contribution is -0.137. The molecule has 1 N–H and O–H groups in total. The minimum atomic E-state index is -4.47. The lowest BCUT2D eigenvalue weighted by Gasteiger charge is -2.08. The molecule has 0 aliphatic rings. The van der Waals surface area contributed by atoms with E-state index in [1.807, 2.05) is 0 Å². The van der Waals surface area contributed by atoms with Gasteiger partial charge in [-0.25, -0.2) is 4.98 Å². The second kappa shape index (κ2) is 4.73. The Morgan fingerprint density at radius 3 is 2.38 bits per heavy atom. The van der Waals surface area contributed by atoms with Crippen LogP contribution in [0.5, 0.6) is 0 Å². The first kappa shape index (κ1) is 13.4. The fraction of sp³-hybridized carbons (Fsp3) is 0.0667. The molecule has 0 amide bonds. The molecular formula is C15H9F3N2O. The number of rotatable bonds is 1. The van der Waals surface area contributed by atoms with Crippen molar-refractivity contribution in [2.75, 3.05) is 0 Å². The van der Waals surface area contributed by atoms with Crippen molar-refractivity contribution < 1.29 is 13.2 Å². The van der Waals surface area contributed by atoms with Gasteiger partial charge in [-0.15, -0.1) is 0 Å². The molecule has 0 unspecified atom stereocenters. The predicted molar refractivity (Wildman–Crippen MR) is 72.8 cm³/mol. The van der Waals surface area contributed by atoms with Gasteiger partial charge in [0.2, 0.25) is 0 Å². The van der Waals surface area contributed by atoms with Crippen LogP contribution >= 0.6 is 0 Å². The summed E-state index contributed by atoms with van der Waals surface area (Å²) in [5.74, 6) is 0.243. The molecule has 1 aromatic heterocycles. The first-order valence-corrected chi connectivity index (χ1v) is 6.12. The maximum Gasteiger partial charge on any atom is 0.416 e. The largest absolute Gasteiger partial charge is 0.416 e. The number of aromatic amines is 1. The average Bonchev–Trinajstić information content (AvgIpc) is 2.46. The molecule has 1 heterocycles. The number of benzene rings is 2. The molecule has 0 aliphatic heterocycles. The van der Waals surface area contributed by atoms with Crippen LogP contribution in [-0.4, -0.2) is 9.97 Å². The topological polar surface area (TPSA) is 45.8 Å². The molecule has 3 aromatic rings. The Kier molecular flexibility index (Phi) is 3.01. The van der Waals surface area contributed by atoms with Gasteiger partial charge in [0.15, 0.2) is 0 Å². The minimum Gasteiger partial charge on any atom is -0.306 e. The number of alkyl halides is 3. The van der Waals surface area contributed by atoms with E-state index in [0.29, 0.717) is 5.56 Å². The lowest BCUT2D eigenvalue weighted by atomic mass is 10.1. The third-order valence-electron chi connectivity index (χ3n) is 3.08. The summed E-state index contributed by atoms with van der Waals surface area (Å²) in [5, 5.41) is 0.127. The fourth-order valence-electron chi connectivity index (χ4n) is 2.05. The van der Waals surface area contributed by atoms with E-state index in [1.54, 1.807) is 30.3 Å². The number of aromatic nitrogens is 2. The summed E-state index contributed by atoms with van der Waals surface area (Å²) in [4.78, 5) is 18.7. The van der Waals surface area contributed by atoms with Crippen LogP contribution in [0.4, 0.5) is 13.2 Å². The third-order valence-corrected chi connectivity index (χ3v) is 3.08. The van der Waals surface area contributed by atoms with Crippen molar-refractivity contribution in [3.8, 4) is 11.4 Å². The summed E-state index contributed by atoms with van der Waals surface area (Å²) in [6.45, 7) is 0. The number of H-pyrrole nitrogens is 1. The monoisotopic (exact) mass is 290 g/mol. The highest BCUT2D eigenvalue weighted by Crippen LogP contribution is 2.30. The van der Waals surface area contributed by atoms with Gasteiger partial charge in [0.25, 0.3) is 5.56 Å². The van der Waals surface area contributed by atoms with Crippen LogP contribution in [0, 0.1) is 0 Å². The standard InChI is InChI=1S/C15H9F3N2O/c16-15(17,18)10-6-7-11-12(8-10)19-13(20-14(11)21)9-4-2-1-3-5-9/h1-8H,(H,19,20,21). The molecule has 0 aliphatic carbocycles. The van der Waals surface area contributed by atoms with Crippen molar-refractivity contribution in [3.05, 3.63) is 64.4 Å². The summed E-state index contributed by atoms with van der Waals surface area (Å²) in [6.07, 6.45) is -4.47.